The molecule has 6 nitrogen and oxygen atoms in total. The van der Waals surface area contributed by atoms with Crippen LogP contribution in [0.25, 0.3) is 0 Å². The minimum Gasteiger partial charge on any atom is -0.490 e. The summed E-state index contributed by atoms with van der Waals surface area (Å²) in [5.74, 6) is 0.297. The van der Waals surface area contributed by atoms with Crippen LogP contribution in [0.15, 0.2) is 47.4 Å². The Hall–Kier alpha value is -2.72. The Bertz CT molecular complexity index is 855. The van der Waals surface area contributed by atoms with Crippen molar-refractivity contribution in [3.05, 3.63) is 48.0 Å². The Morgan fingerprint density at radius 2 is 1.91 bits per heavy atom. The molecule has 0 bridgehead atoms. The highest BCUT2D eigenvalue weighted by Crippen LogP contribution is 2.33. The van der Waals surface area contributed by atoms with Gasteiger partial charge in [-0.2, -0.15) is 5.26 Å². The number of nitriles is 1. The Labute approximate surface area is 128 Å². The number of rotatable bonds is 1. The van der Waals surface area contributed by atoms with Crippen molar-refractivity contribution in [3.63, 3.8) is 0 Å². The second-order valence-corrected chi connectivity index (χ2v) is 6.62. The molecule has 22 heavy (non-hydrogen) atoms. The van der Waals surface area contributed by atoms with Gasteiger partial charge in [-0.15, -0.1) is 0 Å². The van der Waals surface area contributed by atoms with E-state index in [4.69, 9.17) is 15.7 Å². The van der Waals surface area contributed by atoms with E-state index < -0.39 is 10.0 Å². The first-order valence-electron chi connectivity index (χ1n) is 6.57. The topological polar surface area (TPSA) is 96.4 Å². The number of sulfonamides is 1. The molecule has 1 aliphatic rings. The van der Waals surface area contributed by atoms with Gasteiger partial charge in [0.05, 0.1) is 23.9 Å². The minimum absolute atomic E-state index is 0.0503. The normalized spacial score (nSPS) is 16.0. The number of ether oxygens (including phenoxy) is 1. The highest BCUT2D eigenvalue weighted by Gasteiger charge is 2.31. The van der Waals surface area contributed by atoms with Crippen molar-refractivity contribution in [2.24, 2.45) is 0 Å². The summed E-state index contributed by atoms with van der Waals surface area (Å²) in [7, 11) is -3.77. The van der Waals surface area contributed by atoms with Gasteiger partial charge in [0.15, 0.2) is 0 Å². The summed E-state index contributed by atoms with van der Waals surface area (Å²) in [5.41, 5.74) is 7.01. The smallest absolute Gasteiger partial charge is 0.268 e. The first kappa shape index (κ1) is 14.2. The SMILES string of the molecule is N#Cc1ccc(N2CCOc3ccc(N)cc3S2(=O)=O)cc1. The van der Waals surface area contributed by atoms with Crippen LogP contribution >= 0.6 is 0 Å². The quantitative estimate of drug-likeness (QED) is 0.808. The van der Waals surface area contributed by atoms with Crippen molar-refractivity contribution in [2.75, 3.05) is 23.2 Å². The lowest BCUT2D eigenvalue weighted by Crippen LogP contribution is -2.32. The van der Waals surface area contributed by atoms with E-state index in [0.717, 1.165) is 0 Å². The molecule has 1 aliphatic heterocycles. The average molecular weight is 315 g/mol. The molecule has 0 unspecified atom stereocenters. The highest BCUT2D eigenvalue weighted by molar-refractivity contribution is 7.93. The predicted molar refractivity (Wildman–Crippen MR) is 82.0 cm³/mol. The van der Waals surface area contributed by atoms with Gasteiger partial charge in [0.2, 0.25) is 0 Å². The average Bonchev–Trinajstić information content (AvgIpc) is 2.64. The van der Waals surface area contributed by atoms with E-state index >= 15 is 0 Å². The van der Waals surface area contributed by atoms with Crippen LogP contribution in [0.4, 0.5) is 11.4 Å². The van der Waals surface area contributed by atoms with Crippen LogP contribution in [0.2, 0.25) is 0 Å². The van der Waals surface area contributed by atoms with E-state index in [2.05, 4.69) is 0 Å². The summed E-state index contributed by atoms with van der Waals surface area (Å²) in [5, 5.41) is 8.83. The van der Waals surface area contributed by atoms with Crippen LogP contribution in [-0.4, -0.2) is 21.6 Å². The van der Waals surface area contributed by atoms with Crippen molar-refractivity contribution < 1.29 is 13.2 Å². The van der Waals surface area contributed by atoms with Gasteiger partial charge in [0.1, 0.15) is 17.3 Å². The molecule has 0 aliphatic carbocycles. The molecule has 0 saturated carbocycles. The monoisotopic (exact) mass is 315 g/mol. The van der Waals surface area contributed by atoms with E-state index in [-0.39, 0.29) is 18.0 Å². The number of benzene rings is 2. The molecule has 0 saturated heterocycles. The van der Waals surface area contributed by atoms with Crippen molar-refractivity contribution >= 4 is 21.4 Å². The van der Waals surface area contributed by atoms with Crippen molar-refractivity contribution in [1.29, 1.82) is 5.26 Å². The predicted octanol–water partition coefficient (Wildman–Crippen LogP) is 1.73. The third-order valence-electron chi connectivity index (χ3n) is 3.37. The van der Waals surface area contributed by atoms with E-state index in [0.29, 0.717) is 22.7 Å². The number of fused-ring (bicyclic) bond motifs is 1. The van der Waals surface area contributed by atoms with Crippen LogP contribution < -0.4 is 14.8 Å². The van der Waals surface area contributed by atoms with Gasteiger partial charge in [-0.3, -0.25) is 4.31 Å². The Morgan fingerprint density at radius 1 is 1.18 bits per heavy atom. The Kier molecular flexibility index (Phi) is 3.39. The number of nitrogens with two attached hydrogens (primary N) is 1. The summed E-state index contributed by atoms with van der Waals surface area (Å²) < 4.78 is 32.5. The van der Waals surface area contributed by atoms with Gasteiger partial charge >= 0.3 is 0 Å². The molecule has 2 aromatic rings. The van der Waals surface area contributed by atoms with Crippen LogP contribution in [-0.2, 0) is 10.0 Å². The van der Waals surface area contributed by atoms with Crippen LogP contribution in [0, 0.1) is 11.3 Å². The molecular weight excluding hydrogens is 302 g/mol. The molecule has 0 aromatic heterocycles. The standard InChI is InChI=1S/C15H13N3O3S/c16-10-11-1-4-13(5-2-11)18-7-8-21-14-6-3-12(17)9-15(14)22(18,19)20/h1-6,9H,7-8,17H2. The lowest BCUT2D eigenvalue weighted by Gasteiger charge is -2.21. The maximum absolute atomic E-state index is 12.9. The molecule has 0 radical (unpaired) electrons. The molecule has 2 N–H and O–H groups in total. The third kappa shape index (κ3) is 2.34. The number of nitrogen functional groups attached to an aromatic ring is 1. The zero-order valence-corrected chi connectivity index (χ0v) is 12.4. The van der Waals surface area contributed by atoms with Gasteiger partial charge in [-0.1, -0.05) is 0 Å². The fourth-order valence-electron chi connectivity index (χ4n) is 2.29. The molecular formula is C15H13N3O3S. The molecule has 0 amide bonds. The first-order valence-corrected chi connectivity index (χ1v) is 8.01. The molecule has 112 valence electrons. The van der Waals surface area contributed by atoms with Gasteiger partial charge in [0, 0.05) is 5.69 Å². The van der Waals surface area contributed by atoms with E-state index in [9.17, 15) is 8.42 Å². The summed E-state index contributed by atoms with van der Waals surface area (Å²) in [4.78, 5) is 0.0503. The van der Waals surface area contributed by atoms with Gasteiger partial charge in [0.25, 0.3) is 10.0 Å². The largest absolute Gasteiger partial charge is 0.490 e. The highest BCUT2D eigenvalue weighted by atomic mass is 32.2. The first-order chi connectivity index (χ1) is 10.5. The molecule has 1 heterocycles. The summed E-state index contributed by atoms with van der Waals surface area (Å²) in [6.07, 6.45) is 0. The molecule has 3 rings (SSSR count). The second-order valence-electron chi connectivity index (χ2n) is 4.79. The van der Waals surface area contributed by atoms with Crippen LogP contribution in [0.1, 0.15) is 5.56 Å². The van der Waals surface area contributed by atoms with Crippen LogP contribution in [0.3, 0.4) is 0 Å². The summed E-state index contributed by atoms with van der Waals surface area (Å²) >= 11 is 0. The Morgan fingerprint density at radius 3 is 2.59 bits per heavy atom. The summed E-state index contributed by atoms with van der Waals surface area (Å²) in [6, 6.07) is 12.9. The maximum atomic E-state index is 12.9. The van der Waals surface area contributed by atoms with Gasteiger partial charge in [-0.05, 0) is 42.5 Å². The van der Waals surface area contributed by atoms with E-state index in [1.54, 1.807) is 36.4 Å². The number of hydrogen-bond acceptors (Lipinski definition) is 5. The maximum Gasteiger partial charge on any atom is 0.268 e. The number of anilines is 2. The minimum atomic E-state index is -3.77. The molecule has 0 atom stereocenters. The molecule has 0 spiro atoms. The van der Waals surface area contributed by atoms with Crippen LogP contribution in [0.5, 0.6) is 5.75 Å². The van der Waals surface area contributed by atoms with Crippen molar-refractivity contribution in [1.82, 2.24) is 0 Å². The van der Waals surface area contributed by atoms with Crippen molar-refractivity contribution in [2.45, 2.75) is 4.90 Å². The number of nitrogens with zero attached hydrogens (tertiary/aromatic N) is 2. The van der Waals surface area contributed by atoms with Gasteiger partial charge < -0.3 is 10.5 Å². The second kappa shape index (κ2) is 5.24. The Balaban J connectivity index is 2.11. The summed E-state index contributed by atoms with van der Waals surface area (Å²) in [6.45, 7) is 0.416. The van der Waals surface area contributed by atoms with Gasteiger partial charge in [-0.25, -0.2) is 8.42 Å². The zero-order chi connectivity index (χ0) is 15.7. The van der Waals surface area contributed by atoms with E-state index in [1.165, 1.54) is 10.4 Å². The molecule has 2 aromatic carbocycles. The fraction of sp³-hybridized carbons (Fsp3) is 0.133. The van der Waals surface area contributed by atoms with E-state index in [1.807, 2.05) is 6.07 Å². The number of hydrogen-bond donors (Lipinski definition) is 1. The lowest BCUT2D eigenvalue weighted by molar-refractivity contribution is 0.325. The molecule has 0 fully saturated rings. The van der Waals surface area contributed by atoms with Crippen molar-refractivity contribution in [3.8, 4) is 11.8 Å². The fourth-order valence-corrected chi connectivity index (χ4v) is 3.91. The lowest BCUT2D eigenvalue weighted by atomic mass is 10.2. The third-order valence-corrected chi connectivity index (χ3v) is 5.22. The zero-order valence-electron chi connectivity index (χ0n) is 11.6. The molecule has 7 heteroatoms.